The van der Waals surface area contributed by atoms with E-state index in [2.05, 4.69) is 4.74 Å². The Morgan fingerprint density at radius 2 is 2.15 bits per heavy atom. The predicted molar refractivity (Wildman–Crippen MR) is 69.3 cm³/mol. The third-order valence-corrected chi connectivity index (χ3v) is 4.23. The van der Waals surface area contributed by atoms with E-state index < -0.39 is 24.1 Å². The minimum absolute atomic E-state index is 0.0824. The molecule has 0 aromatic rings. The van der Waals surface area contributed by atoms with Crippen LogP contribution in [0.5, 0.6) is 0 Å². The number of methoxy groups -OCH3 is 1. The minimum atomic E-state index is -1.01. The van der Waals surface area contributed by atoms with E-state index in [0.717, 1.165) is 0 Å². The molecule has 0 bridgehead atoms. The predicted octanol–water partition coefficient (Wildman–Crippen LogP) is -0.560. The number of urea groups is 1. The molecular weight excluding hydrogens is 288 g/mol. The molecule has 0 aromatic heterocycles. The fraction of sp³-hybridized carbons (Fsp3) is 0.727. The van der Waals surface area contributed by atoms with Gasteiger partial charge in [-0.25, -0.2) is 14.4 Å². The summed E-state index contributed by atoms with van der Waals surface area (Å²) >= 11 is 1.40. The van der Waals surface area contributed by atoms with Crippen LogP contribution in [0.25, 0.3) is 0 Å². The van der Waals surface area contributed by atoms with E-state index in [1.165, 1.54) is 28.7 Å². The number of carboxylic acid groups (broad SMARTS) is 1. The van der Waals surface area contributed by atoms with Gasteiger partial charge in [0.1, 0.15) is 6.04 Å². The van der Waals surface area contributed by atoms with Gasteiger partial charge in [-0.3, -0.25) is 0 Å². The number of nitrogens with zero attached hydrogens (tertiary/aromatic N) is 2. The van der Waals surface area contributed by atoms with Crippen molar-refractivity contribution in [2.75, 3.05) is 38.4 Å². The number of aliphatic carboxylic acids is 1. The van der Waals surface area contributed by atoms with Gasteiger partial charge < -0.3 is 24.4 Å². The Labute approximate surface area is 120 Å². The zero-order valence-corrected chi connectivity index (χ0v) is 11.8. The standard InChI is InChI=1S/C11H16N2O6S/c1-18-10(16)8-4-12(2-3-19-8)11(17)13-6-20-5-7(13)9(14)15/h7-8H,2-6H2,1H3,(H,14,15). The Morgan fingerprint density at radius 3 is 2.80 bits per heavy atom. The molecule has 0 radical (unpaired) electrons. The summed E-state index contributed by atoms with van der Waals surface area (Å²) in [6, 6.07) is -1.19. The first kappa shape index (κ1) is 14.9. The first-order chi connectivity index (χ1) is 9.54. The van der Waals surface area contributed by atoms with Gasteiger partial charge in [0.25, 0.3) is 0 Å². The number of thioether (sulfide) groups is 1. The Kier molecular flexibility index (Phi) is 4.71. The summed E-state index contributed by atoms with van der Waals surface area (Å²) in [5.41, 5.74) is 0. The second kappa shape index (κ2) is 6.31. The Morgan fingerprint density at radius 1 is 1.40 bits per heavy atom. The van der Waals surface area contributed by atoms with Crippen LogP contribution in [0.2, 0.25) is 0 Å². The van der Waals surface area contributed by atoms with Gasteiger partial charge in [-0.1, -0.05) is 0 Å². The van der Waals surface area contributed by atoms with Crippen LogP contribution in [0, 0.1) is 0 Å². The zero-order chi connectivity index (χ0) is 14.7. The smallest absolute Gasteiger partial charge is 0.336 e. The highest BCUT2D eigenvalue weighted by Crippen LogP contribution is 2.23. The van der Waals surface area contributed by atoms with Crippen molar-refractivity contribution < 1.29 is 29.0 Å². The quantitative estimate of drug-likeness (QED) is 0.683. The van der Waals surface area contributed by atoms with E-state index in [4.69, 9.17) is 9.84 Å². The van der Waals surface area contributed by atoms with Gasteiger partial charge in [-0.05, 0) is 0 Å². The summed E-state index contributed by atoms with van der Waals surface area (Å²) in [5.74, 6) is -0.823. The van der Waals surface area contributed by atoms with Crippen LogP contribution in [0.1, 0.15) is 0 Å². The van der Waals surface area contributed by atoms with E-state index in [9.17, 15) is 14.4 Å². The van der Waals surface area contributed by atoms with Crippen LogP contribution in [-0.4, -0.2) is 83.5 Å². The van der Waals surface area contributed by atoms with E-state index in [0.29, 0.717) is 18.2 Å². The van der Waals surface area contributed by atoms with Crippen molar-refractivity contribution in [3.63, 3.8) is 0 Å². The maximum atomic E-state index is 12.3. The molecule has 2 unspecified atom stereocenters. The van der Waals surface area contributed by atoms with E-state index in [1.807, 2.05) is 0 Å². The summed E-state index contributed by atoms with van der Waals surface area (Å²) in [7, 11) is 1.25. The van der Waals surface area contributed by atoms with Crippen LogP contribution < -0.4 is 0 Å². The Hall–Kier alpha value is -1.48. The molecule has 2 rings (SSSR count). The number of ether oxygens (including phenoxy) is 2. The summed E-state index contributed by atoms with van der Waals surface area (Å²) < 4.78 is 9.83. The summed E-state index contributed by atoms with van der Waals surface area (Å²) in [4.78, 5) is 37.6. The van der Waals surface area contributed by atoms with Gasteiger partial charge in [0.2, 0.25) is 0 Å². The van der Waals surface area contributed by atoms with Gasteiger partial charge in [0.15, 0.2) is 6.10 Å². The third kappa shape index (κ3) is 2.98. The van der Waals surface area contributed by atoms with Crippen molar-refractivity contribution in [3.8, 4) is 0 Å². The molecule has 2 saturated heterocycles. The van der Waals surface area contributed by atoms with E-state index in [-0.39, 0.29) is 19.2 Å². The van der Waals surface area contributed by atoms with Crippen molar-refractivity contribution >= 4 is 29.7 Å². The molecule has 2 heterocycles. The number of rotatable bonds is 2. The molecule has 2 amide bonds. The second-order valence-corrected chi connectivity index (χ2v) is 5.43. The van der Waals surface area contributed by atoms with Gasteiger partial charge in [0.05, 0.1) is 26.1 Å². The summed E-state index contributed by atoms with van der Waals surface area (Å²) in [6.45, 7) is 0.642. The number of morpholine rings is 1. The van der Waals surface area contributed by atoms with Crippen LogP contribution >= 0.6 is 11.8 Å². The number of carbonyl (C=O) groups excluding carboxylic acids is 2. The first-order valence-corrected chi connectivity index (χ1v) is 7.25. The summed E-state index contributed by atoms with van der Waals surface area (Å²) in [5, 5.41) is 9.08. The molecule has 0 saturated carbocycles. The fourth-order valence-corrected chi connectivity index (χ4v) is 3.25. The molecule has 8 nitrogen and oxygen atoms in total. The van der Waals surface area contributed by atoms with Gasteiger partial charge in [0, 0.05) is 12.3 Å². The molecule has 2 fully saturated rings. The number of carboxylic acids is 1. The van der Waals surface area contributed by atoms with Gasteiger partial charge in [-0.2, -0.15) is 0 Å². The molecule has 2 aliphatic rings. The highest BCUT2D eigenvalue weighted by Gasteiger charge is 2.39. The lowest BCUT2D eigenvalue weighted by Crippen LogP contribution is -2.55. The molecule has 2 atom stereocenters. The fourth-order valence-electron chi connectivity index (χ4n) is 2.11. The summed E-state index contributed by atoms with van der Waals surface area (Å²) in [6.07, 6.45) is -0.809. The van der Waals surface area contributed by atoms with Crippen LogP contribution in [0.3, 0.4) is 0 Å². The highest BCUT2D eigenvalue weighted by molar-refractivity contribution is 7.99. The molecule has 2 aliphatic heterocycles. The lowest BCUT2D eigenvalue weighted by atomic mass is 10.2. The first-order valence-electron chi connectivity index (χ1n) is 6.10. The maximum Gasteiger partial charge on any atom is 0.336 e. The van der Waals surface area contributed by atoms with Crippen LogP contribution in [-0.2, 0) is 19.1 Å². The SMILES string of the molecule is COC(=O)C1CN(C(=O)N2CSCC2C(=O)O)CCO1. The number of carbonyl (C=O) groups is 3. The number of amides is 2. The minimum Gasteiger partial charge on any atom is -0.480 e. The lowest BCUT2D eigenvalue weighted by Gasteiger charge is -2.35. The zero-order valence-electron chi connectivity index (χ0n) is 11.0. The molecule has 112 valence electrons. The average molecular weight is 304 g/mol. The molecule has 20 heavy (non-hydrogen) atoms. The average Bonchev–Trinajstić information content (AvgIpc) is 2.95. The normalized spacial score (nSPS) is 26.4. The number of hydrogen-bond acceptors (Lipinski definition) is 6. The molecule has 0 spiro atoms. The topological polar surface area (TPSA) is 96.4 Å². The molecule has 0 aromatic carbocycles. The number of esters is 1. The van der Waals surface area contributed by atoms with E-state index in [1.54, 1.807) is 0 Å². The third-order valence-electron chi connectivity index (χ3n) is 3.21. The Balaban J connectivity index is 2.01. The van der Waals surface area contributed by atoms with Crippen molar-refractivity contribution in [2.24, 2.45) is 0 Å². The van der Waals surface area contributed by atoms with Crippen molar-refractivity contribution in [1.29, 1.82) is 0 Å². The number of hydrogen-bond donors (Lipinski definition) is 1. The second-order valence-electron chi connectivity index (χ2n) is 4.43. The maximum absolute atomic E-state index is 12.3. The van der Waals surface area contributed by atoms with Crippen molar-refractivity contribution in [1.82, 2.24) is 9.80 Å². The molecular formula is C11H16N2O6S. The monoisotopic (exact) mass is 304 g/mol. The van der Waals surface area contributed by atoms with Crippen LogP contribution in [0.4, 0.5) is 4.79 Å². The van der Waals surface area contributed by atoms with Crippen LogP contribution in [0.15, 0.2) is 0 Å². The largest absolute Gasteiger partial charge is 0.480 e. The van der Waals surface area contributed by atoms with Crippen molar-refractivity contribution in [2.45, 2.75) is 12.1 Å². The Bertz CT molecular complexity index is 418. The van der Waals surface area contributed by atoms with Gasteiger partial charge >= 0.3 is 18.0 Å². The van der Waals surface area contributed by atoms with E-state index >= 15 is 0 Å². The lowest BCUT2D eigenvalue weighted by molar-refractivity contribution is -0.158. The highest BCUT2D eigenvalue weighted by atomic mass is 32.2. The molecule has 0 aliphatic carbocycles. The molecule has 9 heteroatoms. The van der Waals surface area contributed by atoms with Crippen molar-refractivity contribution in [3.05, 3.63) is 0 Å². The molecule has 1 N–H and O–H groups in total. The van der Waals surface area contributed by atoms with Gasteiger partial charge in [-0.15, -0.1) is 11.8 Å².